The van der Waals surface area contributed by atoms with E-state index in [1.54, 1.807) is 0 Å². The molecule has 1 aromatic rings. The minimum Gasteiger partial charge on any atom is -0.389 e. The van der Waals surface area contributed by atoms with Crippen LogP contribution in [0.3, 0.4) is 0 Å². The van der Waals surface area contributed by atoms with Crippen molar-refractivity contribution < 1.29 is 0 Å². The Bertz CT molecular complexity index is 431. The summed E-state index contributed by atoms with van der Waals surface area (Å²) in [5.41, 5.74) is 7.61. The molecule has 0 aliphatic carbocycles. The van der Waals surface area contributed by atoms with Crippen LogP contribution in [-0.2, 0) is 0 Å². The number of thiocarbonyl (C=S) groups is 1. The van der Waals surface area contributed by atoms with Crippen LogP contribution in [0.15, 0.2) is 12.1 Å². The molecule has 0 saturated carbocycles. The molecule has 2 N–H and O–H groups in total. The summed E-state index contributed by atoms with van der Waals surface area (Å²) in [5, 5.41) is 0. The van der Waals surface area contributed by atoms with Crippen LogP contribution in [0.5, 0.6) is 0 Å². The van der Waals surface area contributed by atoms with Crippen LogP contribution in [0.25, 0.3) is 0 Å². The normalized spacial score (nSPS) is 12.2. The molecule has 0 aliphatic heterocycles. The van der Waals surface area contributed by atoms with Crippen LogP contribution in [0, 0.1) is 6.92 Å². The molecule has 0 spiro atoms. The highest BCUT2D eigenvalue weighted by Crippen LogP contribution is 2.19. The van der Waals surface area contributed by atoms with Crippen LogP contribution in [0.4, 0.5) is 5.82 Å². The van der Waals surface area contributed by atoms with E-state index in [1.165, 1.54) is 12.8 Å². The minimum atomic E-state index is 0.436. The van der Waals surface area contributed by atoms with Gasteiger partial charge in [0.15, 0.2) is 0 Å². The van der Waals surface area contributed by atoms with E-state index in [0.29, 0.717) is 11.0 Å². The number of anilines is 1. The summed E-state index contributed by atoms with van der Waals surface area (Å²) in [7, 11) is 0. The monoisotopic (exact) mass is 279 g/mol. The molecule has 1 heterocycles. The second-order valence-electron chi connectivity index (χ2n) is 5.02. The summed E-state index contributed by atoms with van der Waals surface area (Å²) >= 11 is 5.08. The predicted molar refractivity (Wildman–Crippen MR) is 86.9 cm³/mol. The first-order valence-electron chi connectivity index (χ1n) is 7.04. The summed E-state index contributed by atoms with van der Waals surface area (Å²) in [5.74, 6) is 0.991. The Morgan fingerprint density at radius 3 is 2.63 bits per heavy atom. The van der Waals surface area contributed by atoms with E-state index < -0.39 is 0 Å². The highest BCUT2D eigenvalue weighted by atomic mass is 32.1. The number of pyridine rings is 1. The maximum atomic E-state index is 5.75. The van der Waals surface area contributed by atoms with E-state index in [0.717, 1.165) is 30.0 Å². The fraction of sp³-hybridized carbons (Fsp3) is 0.600. The second kappa shape index (κ2) is 7.43. The van der Waals surface area contributed by atoms with E-state index >= 15 is 0 Å². The Morgan fingerprint density at radius 2 is 2.11 bits per heavy atom. The highest BCUT2D eigenvalue weighted by Gasteiger charge is 2.15. The number of unbranched alkanes of at least 4 members (excludes halogenated alkanes) is 1. The van der Waals surface area contributed by atoms with E-state index in [2.05, 4.69) is 30.7 Å². The van der Waals surface area contributed by atoms with Gasteiger partial charge in [-0.3, -0.25) is 0 Å². The minimum absolute atomic E-state index is 0.436. The van der Waals surface area contributed by atoms with Crippen molar-refractivity contribution in [2.45, 2.75) is 53.0 Å². The Hall–Kier alpha value is -1.16. The zero-order valence-electron chi connectivity index (χ0n) is 12.4. The lowest BCUT2D eigenvalue weighted by atomic mass is 10.1. The third kappa shape index (κ3) is 4.46. The molecular weight excluding hydrogens is 254 g/mol. The third-order valence-electron chi connectivity index (χ3n) is 3.39. The SMILES string of the molecule is CCCCN(c1cc(C(N)=S)cc(C)n1)C(C)CC. The van der Waals surface area contributed by atoms with Gasteiger partial charge in [0, 0.05) is 23.8 Å². The van der Waals surface area contributed by atoms with Crippen molar-refractivity contribution >= 4 is 23.0 Å². The van der Waals surface area contributed by atoms with Crippen molar-refractivity contribution in [1.82, 2.24) is 4.98 Å². The average Bonchev–Trinajstić information content (AvgIpc) is 2.38. The fourth-order valence-corrected chi connectivity index (χ4v) is 2.17. The molecule has 1 atom stereocenters. The molecule has 0 amide bonds. The van der Waals surface area contributed by atoms with Gasteiger partial charge in [0.25, 0.3) is 0 Å². The van der Waals surface area contributed by atoms with Crippen LogP contribution >= 0.6 is 12.2 Å². The van der Waals surface area contributed by atoms with Gasteiger partial charge in [-0.1, -0.05) is 32.5 Å². The molecule has 4 heteroatoms. The van der Waals surface area contributed by atoms with E-state index in [9.17, 15) is 0 Å². The molecule has 0 radical (unpaired) electrons. The van der Waals surface area contributed by atoms with Crippen molar-refractivity contribution in [1.29, 1.82) is 0 Å². The molecule has 0 aliphatic rings. The molecule has 106 valence electrons. The quantitative estimate of drug-likeness (QED) is 0.777. The molecule has 0 saturated heterocycles. The number of aromatic nitrogens is 1. The van der Waals surface area contributed by atoms with Crippen molar-refractivity contribution in [2.24, 2.45) is 5.73 Å². The number of rotatable bonds is 7. The standard InChI is InChI=1S/C15H25N3S/c1-5-7-8-18(12(4)6-2)14-10-13(15(16)19)9-11(3)17-14/h9-10,12H,5-8H2,1-4H3,(H2,16,19). The summed E-state index contributed by atoms with van der Waals surface area (Å²) in [4.78, 5) is 7.45. The lowest BCUT2D eigenvalue weighted by molar-refractivity contribution is 0.589. The molecule has 1 rings (SSSR count). The number of hydrogen-bond acceptors (Lipinski definition) is 3. The molecule has 1 unspecified atom stereocenters. The Labute approximate surface area is 122 Å². The second-order valence-corrected chi connectivity index (χ2v) is 5.46. The molecule has 1 aromatic heterocycles. The van der Waals surface area contributed by atoms with Gasteiger partial charge in [-0.05, 0) is 38.8 Å². The van der Waals surface area contributed by atoms with Crippen LogP contribution in [0.1, 0.15) is 51.3 Å². The lowest BCUT2D eigenvalue weighted by Crippen LogP contribution is -2.34. The van der Waals surface area contributed by atoms with Gasteiger partial charge >= 0.3 is 0 Å². The van der Waals surface area contributed by atoms with Crippen molar-refractivity contribution in [3.8, 4) is 0 Å². The van der Waals surface area contributed by atoms with Crippen molar-refractivity contribution in [3.63, 3.8) is 0 Å². The number of nitrogens with zero attached hydrogens (tertiary/aromatic N) is 2. The maximum absolute atomic E-state index is 5.75. The van der Waals surface area contributed by atoms with Crippen LogP contribution in [-0.4, -0.2) is 22.6 Å². The third-order valence-corrected chi connectivity index (χ3v) is 3.63. The van der Waals surface area contributed by atoms with Crippen molar-refractivity contribution in [3.05, 3.63) is 23.4 Å². The smallest absolute Gasteiger partial charge is 0.129 e. The first kappa shape index (κ1) is 15.9. The van der Waals surface area contributed by atoms with E-state index in [-0.39, 0.29) is 0 Å². The highest BCUT2D eigenvalue weighted by molar-refractivity contribution is 7.80. The number of aryl methyl sites for hydroxylation is 1. The Balaban J connectivity index is 3.10. The van der Waals surface area contributed by atoms with Gasteiger partial charge in [-0.15, -0.1) is 0 Å². The first-order valence-corrected chi connectivity index (χ1v) is 7.45. The van der Waals surface area contributed by atoms with Crippen molar-refractivity contribution in [2.75, 3.05) is 11.4 Å². The summed E-state index contributed by atoms with van der Waals surface area (Å²) < 4.78 is 0. The Morgan fingerprint density at radius 1 is 1.42 bits per heavy atom. The maximum Gasteiger partial charge on any atom is 0.129 e. The summed E-state index contributed by atoms with van der Waals surface area (Å²) in [6, 6.07) is 4.43. The average molecular weight is 279 g/mol. The molecule has 0 aromatic carbocycles. The largest absolute Gasteiger partial charge is 0.389 e. The van der Waals surface area contributed by atoms with Gasteiger partial charge in [0.1, 0.15) is 10.8 Å². The van der Waals surface area contributed by atoms with Gasteiger partial charge in [-0.25, -0.2) is 4.98 Å². The number of hydrogen-bond donors (Lipinski definition) is 1. The van der Waals surface area contributed by atoms with E-state index in [1.807, 2.05) is 19.1 Å². The predicted octanol–water partition coefficient (Wildman–Crippen LogP) is 3.43. The molecule has 0 fully saturated rings. The molecule has 19 heavy (non-hydrogen) atoms. The number of nitrogens with two attached hydrogens (primary N) is 1. The fourth-order valence-electron chi connectivity index (χ4n) is 2.05. The molecule has 0 bridgehead atoms. The van der Waals surface area contributed by atoms with Gasteiger partial charge < -0.3 is 10.6 Å². The van der Waals surface area contributed by atoms with Gasteiger partial charge in [-0.2, -0.15) is 0 Å². The van der Waals surface area contributed by atoms with E-state index in [4.69, 9.17) is 18.0 Å². The Kier molecular flexibility index (Phi) is 6.22. The topological polar surface area (TPSA) is 42.1 Å². The van der Waals surface area contributed by atoms with Gasteiger partial charge in [0.2, 0.25) is 0 Å². The zero-order valence-corrected chi connectivity index (χ0v) is 13.3. The van der Waals surface area contributed by atoms with Crippen LogP contribution in [0.2, 0.25) is 0 Å². The summed E-state index contributed by atoms with van der Waals surface area (Å²) in [6.45, 7) is 9.66. The van der Waals surface area contributed by atoms with Gasteiger partial charge in [0.05, 0.1) is 0 Å². The lowest BCUT2D eigenvalue weighted by Gasteiger charge is -2.30. The molecular formula is C15H25N3S. The zero-order chi connectivity index (χ0) is 14.4. The first-order chi connectivity index (χ1) is 8.99. The molecule has 3 nitrogen and oxygen atoms in total. The summed E-state index contributed by atoms with van der Waals surface area (Å²) in [6.07, 6.45) is 3.45. The van der Waals surface area contributed by atoms with Crippen LogP contribution < -0.4 is 10.6 Å².